The lowest BCUT2D eigenvalue weighted by Gasteiger charge is -2.30. The fourth-order valence-corrected chi connectivity index (χ4v) is 2.85. The van der Waals surface area contributed by atoms with E-state index in [1.807, 2.05) is 0 Å². The average Bonchev–Trinajstić information content (AvgIpc) is 2.42. The minimum absolute atomic E-state index is 0.0431. The van der Waals surface area contributed by atoms with Crippen LogP contribution < -0.4 is 11.1 Å². The van der Waals surface area contributed by atoms with E-state index in [-0.39, 0.29) is 6.04 Å². The van der Waals surface area contributed by atoms with Crippen LogP contribution in [0.2, 0.25) is 0 Å². The molecule has 4 heteroatoms. The van der Waals surface area contributed by atoms with Crippen molar-refractivity contribution in [3.05, 3.63) is 0 Å². The van der Waals surface area contributed by atoms with Gasteiger partial charge in [0.25, 0.3) is 0 Å². The summed E-state index contributed by atoms with van der Waals surface area (Å²) in [6.45, 7) is 1.92. The molecule has 19 heavy (non-hydrogen) atoms. The Morgan fingerprint density at radius 3 is 2.47 bits per heavy atom. The van der Waals surface area contributed by atoms with Gasteiger partial charge in [-0.05, 0) is 71.6 Å². The third-order valence-corrected chi connectivity index (χ3v) is 4.16. The van der Waals surface area contributed by atoms with E-state index in [4.69, 9.17) is 5.73 Å². The molecule has 0 aliphatic heterocycles. The maximum atomic E-state index is 11.1. The number of hydrogen-bond donors (Lipinski definition) is 2. The Morgan fingerprint density at radius 1 is 1.26 bits per heavy atom. The molecule has 4 nitrogen and oxygen atoms in total. The first-order chi connectivity index (χ1) is 9.15. The van der Waals surface area contributed by atoms with Crippen LogP contribution in [0.5, 0.6) is 0 Å². The molecule has 1 rings (SSSR count). The summed E-state index contributed by atoms with van der Waals surface area (Å²) in [5, 5.41) is 3.52. The van der Waals surface area contributed by atoms with Crippen molar-refractivity contribution in [3.63, 3.8) is 0 Å². The van der Waals surface area contributed by atoms with E-state index >= 15 is 0 Å². The van der Waals surface area contributed by atoms with Crippen LogP contribution in [-0.4, -0.2) is 50.5 Å². The smallest absolute Gasteiger partial charge is 0.136 e. The number of nitrogens with two attached hydrogens (primary N) is 1. The van der Waals surface area contributed by atoms with Crippen molar-refractivity contribution in [2.24, 2.45) is 11.7 Å². The lowest BCUT2D eigenvalue weighted by molar-refractivity contribution is -0.110. The maximum absolute atomic E-state index is 11.1. The highest BCUT2D eigenvalue weighted by Crippen LogP contribution is 2.23. The second-order valence-electron chi connectivity index (χ2n) is 6.16. The summed E-state index contributed by atoms with van der Waals surface area (Å²) in [5.41, 5.74) is 5.70. The van der Waals surface area contributed by atoms with Crippen LogP contribution in [0.4, 0.5) is 0 Å². The summed E-state index contributed by atoms with van der Waals surface area (Å²) >= 11 is 0. The molecule has 0 aromatic rings. The first-order valence-electron chi connectivity index (χ1n) is 7.71. The van der Waals surface area contributed by atoms with Crippen molar-refractivity contribution in [1.29, 1.82) is 0 Å². The molecule has 1 aliphatic rings. The van der Waals surface area contributed by atoms with E-state index < -0.39 is 0 Å². The number of hydrogen-bond acceptors (Lipinski definition) is 4. The van der Waals surface area contributed by atoms with E-state index in [0.717, 1.165) is 32.2 Å². The van der Waals surface area contributed by atoms with Gasteiger partial charge in [-0.25, -0.2) is 0 Å². The minimum atomic E-state index is 0.0431. The molecule has 1 fully saturated rings. The highest BCUT2D eigenvalue weighted by Gasteiger charge is 2.22. The molecule has 0 unspecified atom stereocenters. The molecule has 112 valence electrons. The molecule has 0 radical (unpaired) electrons. The van der Waals surface area contributed by atoms with Gasteiger partial charge in [-0.1, -0.05) is 6.42 Å². The highest BCUT2D eigenvalue weighted by atomic mass is 16.1. The summed E-state index contributed by atoms with van der Waals surface area (Å²) in [4.78, 5) is 13.3. The van der Waals surface area contributed by atoms with Crippen molar-refractivity contribution < 1.29 is 4.79 Å². The molecule has 1 atom stereocenters. The minimum Gasteiger partial charge on any atom is -0.330 e. The molecule has 0 saturated heterocycles. The molecule has 0 heterocycles. The van der Waals surface area contributed by atoms with Crippen LogP contribution in [0.15, 0.2) is 0 Å². The van der Waals surface area contributed by atoms with Gasteiger partial charge >= 0.3 is 0 Å². The van der Waals surface area contributed by atoms with E-state index in [2.05, 4.69) is 24.3 Å². The van der Waals surface area contributed by atoms with Gasteiger partial charge in [0.2, 0.25) is 0 Å². The van der Waals surface area contributed by atoms with Crippen LogP contribution in [0.3, 0.4) is 0 Å². The van der Waals surface area contributed by atoms with Gasteiger partial charge in [-0.3, -0.25) is 0 Å². The van der Waals surface area contributed by atoms with Gasteiger partial charge in [0, 0.05) is 6.04 Å². The van der Waals surface area contributed by atoms with Gasteiger partial charge < -0.3 is 20.7 Å². The number of nitrogens with zero attached hydrogens (tertiary/aromatic N) is 1. The number of rotatable bonds is 9. The van der Waals surface area contributed by atoms with Gasteiger partial charge in [0.15, 0.2) is 0 Å². The summed E-state index contributed by atoms with van der Waals surface area (Å²) in [6, 6.07) is 0.563. The van der Waals surface area contributed by atoms with Crippen LogP contribution >= 0.6 is 0 Å². The Kier molecular flexibility index (Phi) is 8.26. The Morgan fingerprint density at radius 2 is 1.95 bits per heavy atom. The quantitative estimate of drug-likeness (QED) is 0.490. The molecule has 3 N–H and O–H groups in total. The Balaban J connectivity index is 2.16. The summed E-state index contributed by atoms with van der Waals surface area (Å²) < 4.78 is 0. The normalized spacial score (nSPS) is 25.5. The average molecular weight is 269 g/mol. The van der Waals surface area contributed by atoms with E-state index in [9.17, 15) is 4.79 Å². The molecule has 0 bridgehead atoms. The zero-order valence-electron chi connectivity index (χ0n) is 12.6. The molecular formula is C15H31N3O. The summed E-state index contributed by atoms with van der Waals surface area (Å²) in [7, 11) is 4.18. The van der Waals surface area contributed by atoms with E-state index in [1.165, 1.54) is 32.1 Å². The zero-order valence-corrected chi connectivity index (χ0v) is 12.6. The van der Waals surface area contributed by atoms with Crippen LogP contribution in [0, 0.1) is 5.92 Å². The van der Waals surface area contributed by atoms with Crippen molar-refractivity contribution in [1.82, 2.24) is 10.2 Å². The summed E-state index contributed by atoms with van der Waals surface area (Å²) in [5.74, 6) is 0.702. The van der Waals surface area contributed by atoms with Crippen LogP contribution in [-0.2, 0) is 4.79 Å². The third-order valence-electron chi connectivity index (χ3n) is 4.16. The van der Waals surface area contributed by atoms with Gasteiger partial charge in [-0.2, -0.15) is 0 Å². The SMILES string of the molecule is CN(C)CCCC[C@H](C=O)NC1CCC(CN)CC1. The predicted molar refractivity (Wildman–Crippen MR) is 80.2 cm³/mol. The monoisotopic (exact) mass is 269 g/mol. The topological polar surface area (TPSA) is 58.4 Å². The van der Waals surface area contributed by atoms with Crippen molar-refractivity contribution in [2.75, 3.05) is 27.2 Å². The maximum Gasteiger partial charge on any atom is 0.136 e. The number of aldehydes is 1. The van der Waals surface area contributed by atoms with Gasteiger partial charge in [0.1, 0.15) is 6.29 Å². The fraction of sp³-hybridized carbons (Fsp3) is 0.933. The number of carbonyl (C=O) groups is 1. The molecular weight excluding hydrogens is 238 g/mol. The van der Waals surface area contributed by atoms with Crippen LogP contribution in [0.25, 0.3) is 0 Å². The zero-order chi connectivity index (χ0) is 14.1. The highest BCUT2D eigenvalue weighted by molar-refractivity contribution is 5.57. The van der Waals surface area contributed by atoms with Crippen molar-refractivity contribution in [3.8, 4) is 0 Å². The van der Waals surface area contributed by atoms with Crippen molar-refractivity contribution >= 4 is 6.29 Å². The molecule has 0 spiro atoms. The standard InChI is InChI=1S/C15H31N3O/c1-18(2)10-4-3-5-15(12-19)17-14-8-6-13(11-16)7-9-14/h12-15,17H,3-11,16H2,1-2H3/t13?,14?,15-/m1/s1. The van der Waals surface area contributed by atoms with Crippen molar-refractivity contribution in [2.45, 2.75) is 57.0 Å². The largest absolute Gasteiger partial charge is 0.330 e. The molecule has 1 aliphatic carbocycles. The lowest BCUT2D eigenvalue weighted by Crippen LogP contribution is -2.42. The first kappa shape index (κ1) is 16.6. The number of nitrogens with one attached hydrogen (secondary N) is 1. The third kappa shape index (κ3) is 7.04. The number of carbonyl (C=O) groups excluding carboxylic acids is 1. The number of unbranched alkanes of at least 4 members (excludes halogenated alkanes) is 1. The lowest BCUT2D eigenvalue weighted by atomic mass is 9.86. The van der Waals surface area contributed by atoms with Gasteiger partial charge in [-0.15, -0.1) is 0 Å². The van der Waals surface area contributed by atoms with Crippen LogP contribution in [0.1, 0.15) is 44.9 Å². The first-order valence-corrected chi connectivity index (χ1v) is 7.71. The molecule has 1 saturated carbocycles. The molecule has 0 aromatic carbocycles. The Labute approximate surface area is 118 Å². The summed E-state index contributed by atoms with van der Waals surface area (Å²) in [6.07, 6.45) is 9.10. The van der Waals surface area contributed by atoms with E-state index in [0.29, 0.717) is 12.0 Å². The fourth-order valence-electron chi connectivity index (χ4n) is 2.85. The van der Waals surface area contributed by atoms with E-state index in [1.54, 1.807) is 0 Å². The predicted octanol–water partition coefficient (Wildman–Crippen LogP) is 1.39. The van der Waals surface area contributed by atoms with Gasteiger partial charge in [0.05, 0.1) is 6.04 Å². The molecule has 0 aromatic heterocycles. The molecule has 0 amide bonds. The second kappa shape index (κ2) is 9.45. The Hall–Kier alpha value is -0.450. The second-order valence-corrected chi connectivity index (χ2v) is 6.16. The Bertz CT molecular complexity index is 238.